The molecule has 2 N–H and O–H groups in total. The number of urea groups is 1. The first-order valence-corrected chi connectivity index (χ1v) is 12.9. The lowest BCUT2D eigenvalue weighted by molar-refractivity contribution is -0.136. The van der Waals surface area contributed by atoms with E-state index in [0.29, 0.717) is 32.4 Å². The highest BCUT2D eigenvalue weighted by Crippen LogP contribution is 2.54. The van der Waals surface area contributed by atoms with Crippen LogP contribution in [0.15, 0.2) is 72.8 Å². The summed E-state index contributed by atoms with van der Waals surface area (Å²) in [5.41, 5.74) is 2.82. The molecular formula is C30H30F2N2O4. The minimum Gasteiger partial charge on any atom is -0.490 e. The SMILES string of the molecule is O=C(O)CCc1ccc(OC2CCN(C(=O)NC3[C@@H](c4ccc(F)cc4)[C@H]3c3ccc(F)cc3)CC2)cc1. The van der Waals surface area contributed by atoms with Crippen molar-refractivity contribution in [2.45, 2.75) is 49.7 Å². The number of carboxylic acid groups (broad SMARTS) is 1. The molecule has 3 atom stereocenters. The maximum Gasteiger partial charge on any atom is 0.317 e. The normalized spacial score (nSPS) is 21.1. The highest BCUT2D eigenvalue weighted by molar-refractivity contribution is 5.76. The van der Waals surface area contributed by atoms with Gasteiger partial charge in [0.2, 0.25) is 0 Å². The third-order valence-corrected chi connectivity index (χ3v) is 7.40. The second kappa shape index (κ2) is 11.2. The largest absolute Gasteiger partial charge is 0.490 e. The summed E-state index contributed by atoms with van der Waals surface area (Å²) in [4.78, 5) is 25.7. The van der Waals surface area contributed by atoms with Crippen molar-refractivity contribution >= 4 is 12.0 Å². The summed E-state index contributed by atoms with van der Waals surface area (Å²) >= 11 is 0. The van der Waals surface area contributed by atoms with E-state index in [-0.39, 0.29) is 48.1 Å². The molecule has 1 aliphatic heterocycles. The highest BCUT2D eigenvalue weighted by Gasteiger charge is 2.53. The van der Waals surface area contributed by atoms with Crippen molar-refractivity contribution < 1.29 is 28.2 Å². The number of carboxylic acids is 1. The number of carbonyl (C=O) groups is 2. The van der Waals surface area contributed by atoms with Crippen LogP contribution >= 0.6 is 0 Å². The zero-order chi connectivity index (χ0) is 26.6. The molecule has 1 unspecified atom stereocenters. The van der Waals surface area contributed by atoms with E-state index in [2.05, 4.69) is 5.32 Å². The summed E-state index contributed by atoms with van der Waals surface area (Å²) in [5, 5.41) is 12.0. The summed E-state index contributed by atoms with van der Waals surface area (Å²) < 4.78 is 33.1. The van der Waals surface area contributed by atoms with Crippen LogP contribution in [0, 0.1) is 11.6 Å². The summed E-state index contributed by atoms with van der Waals surface area (Å²) in [7, 11) is 0. The molecular weight excluding hydrogens is 490 g/mol. The molecule has 3 aromatic rings. The van der Waals surface area contributed by atoms with E-state index in [1.165, 1.54) is 24.3 Å². The Kier molecular flexibility index (Phi) is 7.58. The Bertz CT molecular complexity index is 1210. The van der Waals surface area contributed by atoms with E-state index in [1.54, 1.807) is 29.2 Å². The molecule has 2 fully saturated rings. The smallest absolute Gasteiger partial charge is 0.317 e. The number of halogens is 2. The van der Waals surface area contributed by atoms with Crippen LogP contribution in [0.5, 0.6) is 5.75 Å². The Balaban J connectivity index is 1.15. The van der Waals surface area contributed by atoms with Crippen LogP contribution in [-0.4, -0.2) is 47.2 Å². The number of hydrogen-bond donors (Lipinski definition) is 2. The zero-order valence-electron chi connectivity index (χ0n) is 20.9. The van der Waals surface area contributed by atoms with Crippen LogP contribution in [0.4, 0.5) is 13.6 Å². The van der Waals surface area contributed by atoms with Crippen molar-refractivity contribution in [1.82, 2.24) is 10.2 Å². The van der Waals surface area contributed by atoms with Crippen LogP contribution in [0.3, 0.4) is 0 Å². The minimum atomic E-state index is -0.820. The molecule has 0 radical (unpaired) electrons. The van der Waals surface area contributed by atoms with Crippen LogP contribution in [0.2, 0.25) is 0 Å². The van der Waals surface area contributed by atoms with Crippen molar-refractivity contribution in [2.24, 2.45) is 0 Å². The number of piperidine rings is 1. The fourth-order valence-corrected chi connectivity index (χ4v) is 5.28. The van der Waals surface area contributed by atoms with Gasteiger partial charge in [-0.25, -0.2) is 13.6 Å². The van der Waals surface area contributed by atoms with Gasteiger partial charge in [0.1, 0.15) is 23.5 Å². The average Bonchev–Trinajstić information content (AvgIpc) is 3.62. The topological polar surface area (TPSA) is 78.9 Å². The van der Waals surface area contributed by atoms with E-state index in [0.717, 1.165) is 22.4 Å². The van der Waals surface area contributed by atoms with E-state index in [4.69, 9.17) is 9.84 Å². The van der Waals surface area contributed by atoms with Gasteiger partial charge in [-0.15, -0.1) is 0 Å². The molecule has 0 spiro atoms. The molecule has 0 aromatic heterocycles. The Labute approximate surface area is 220 Å². The number of likely N-dealkylation sites (tertiary alicyclic amines) is 1. The number of amides is 2. The van der Waals surface area contributed by atoms with Crippen LogP contribution in [0.1, 0.15) is 47.8 Å². The van der Waals surface area contributed by atoms with Gasteiger partial charge in [-0.1, -0.05) is 36.4 Å². The van der Waals surface area contributed by atoms with Gasteiger partial charge >= 0.3 is 12.0 Å². The number of benzene rings is 3. The molecule has 8 heteroatoms. The number of aryl methyl sites for hydroxylation is 1. The monoisotopic (exact) mass is 520 g/mol. The summed E-state index contributed by atoms with van der Waals surface area (Å²) in [6.07, 6.45) is 1.96. The van der Waals surface area contributed by atoms with Gasteiger partial charge in [0, 0.05) is 50.2 Å². The van der Waals surface area contributed by atoms with E-state index in [1.807, 2.05) is 24.3 Å². The van der Waals surface area contributed by atoms with Gasteiger partial charge in [-0.05, 0) is 59.5 Å². The first-order chi connectivity index (χ1) is 18.4. The van der Waals surface area contributed by atoms with Gasteiger partial charge < -0.3 is 20.1 Å². The molecule has 6 nitrogen and oxygen atoms in total. The second-order valence-electron chi connectivity index (χ2n) is 9.97. The van der Waals surface area contributed by atoms with Crippen molar-refractivity contribution in [2.75, 3.05) is 13.1 Å². The molecule has 198 valence electrons. The van der Waals surface area contributed by atoms with Gasteiger partial charge in [0.25, 0.3) is 0 Å². The molecule has 0 bridgehead atoms. The number of carbonyl (C=O) groups excluding carboxylic acids is 1. The first-order valence-electron chi connectivity index (χ1n) is 12.9. The Morgan fingerprint density at radius 2 is 1.37 bits per heavy atom. The lowest BCUT2D eigenvalue weighted by Crippen LogP contribution is -2.47. The summed E-state index contributed by atoms with van der Waals surface area (Å²) in [6, 6.07) is 19.8. The lowest BCUT2D eigenvalue weighted by Gasteiger charge is -2.32. The molecule has 1 aliphatic carbocycles. The molecule has 1 heterocycles. The number of rotatable bonds is 8. The van der Waals surface area contributed by atoms with Crippen molar-refractivity contribution in [3.63, 3.8) is 0 Å². The van der Waals surface area contributed by atoms with Gasteiger partial charge in [-0.2, -0.15) is 0 Å². The third-order valence-electron chi connectivity index (χ3n) is 7.40. The Hall–Kier alpha value is -3.94. The first kappa shape index (κ1) is 25.7. The highest BCUT2D eigenvalue weighted by atomic mass is 19.1. The quantitative estimate of drug-likeness (QED) is 0.412. The molecule has 2 aliphatic rings. The number of aliphatic carboxylic acids is 1. The second-order valence-corrected chi connectivity index (χ2v) is 9.97. The number of ether oxygens (including phenoxy) is 1. The molecule has 1 saturated heterocycles. The van der Waals surface area contributed by atoms with Crippen LogP contribution in [0.25, 0.3) is 0 Å². The Morgan fingerprint density at radius 3 is 1.87 bits per heavy atom. The number of hydrogen-bond acceptors (Lipinski definition) is 3. The van der Waals surface area contributed by atoms with Crippen LogP contribution in [-0.2, 0) is 11.2 Å². The van der Waals surface area contributed by atoms with Crippen molar-refractivity contribution in [3.05, 3.63) is 101 Å². The van der Waals surface area contributed by atoms with Crippen LogP contribution < -0.4 is 10.1 Å². The Morgan fingerprint density at radius 1 is 0.842 bits per heavy atom. The molecule has 3 aromatic carbocycles. The predicted molar refractivity (Wildman–Crippen MR) is 138 cm³/mol. The van der Waals surface area contributed by atoms with Crippen molar-refractivity contribution in [1.29, 1.82) is 0 Å². The molecule has 38 heavy (non-hydrogen) atoms. The lowest BCUT2D eigenvalue weighted by atomic mass is 10.0. The average molecular weight is 521 g/mol. The summed E-state index contributed by atoms with van der Waals surface area (Å²) in [5.74, 6) is -0.734. The number of nitrogens with zero attached hydrogens (tertiary/aromatic N) is 1. The standard InChI is InChI=1S/C30H30F2N2O4/c31-22-8-4-20(5-9-22)27-28(21-6-10-23(32)11-7-21)29(27)33-30(37)34-17-15-25(16-18-34)38-24-12-1-19(2-13-24)3-14-26(35)36/h1-2,4-13,25,27-29H,3,14-18H2,(H,33,37)(H,35,36)/t27-,28+,29?. The van der Waals surface area contributed by atoms with Gasteiger partial charge in [0.15, 0.2) is 0 Å². The maximum atomic E-state index is 13.5. The van der Waals surface area contributed by atoms with E-state index in [9.17, 15) is 18.4 Å². The molecule has 5 rings (SSSR count). The third kappa shape index (κ3) is 6.13. The molecule has 2 amide bonds. The maximum absolute atomic E-state index is 13.5. The van der Waals surface area contributed by atoms with Crippen molar-refractivity contribution in [3.8, 4) is 5.75 Å². The predicted octanol–water partition coefficient (Wildman–Crippen LogP) is 5.48. The van der Waals surface area contributed by atoms with Gasteiger partial charge in [-0.3, -0.25) is 4.79 Å². The number of nitrogens with one attached hydrogen (secondary N) is 1. The zero-order valence-corrected chi connectivity index (χ0v) is 20.9. The minimum absolute atomic E-state index is 0.00986. The van der Waals surface area contributed by atoms with E-state index >= 15 is 0 Å². The van der Waals surface area contributed by atoms with Gasteiger partial charge in [0.05, 0.1) is 0 Å². The summed E-state index contributed by atoms with van der Waals surface area (Å²) in [6.45, 7) is 1.12. The fraction of sp³-hybridized carbons (Fsp3) is 0.333. The van der Waals surface area contributed by atoms with E-state index < -0.39 is 5.97 Å². The fourth-order valence-electron chi connectivity index (χ4n) is 5.28. The molecule has 1 saturated carbocycles.